The number of nitriles is 2. The zero-order valence-corrected chi connectivity index (χ0v) is 9.04. The molecule has 0 amide bonds. The molecule has 1 aromatic carbocycles. The van der Waals surface area contributed by atoms with Gasteiger partial charge in [-0.05, 0) is 18.2 Å². The van der Waals surface area contributed by atoms with E-state index in [1.807, 2.05) is 5.43 Å². The van der Waals surface area contributed by atoms with Crippen LogP contribution in [-0.2, 0) is 0 Å². The van der Waals surface area contributed by atoms with Crippen molar-refractivity contribution in [2.75, 3.05) is 5.23 Å². The summed E-state index contributed by atoms with van der Waals surface area (Å²) in [5.74, 6) is -0.672. The third kappa shape index (κ3) is 3.33. The fraction of sp³-hybridized carbons (Fsp3) is 0. The Balaban J connectivity index is 2.81. The molecule has 0 aliphatic carbocycles. The lowest BCUT2D eigenvalue weighted by Gasteiger charge is -2.13. The smallest absolute Gasteiger partial charge is 0.147 e. The third-order valence-electron chi connectivity index (χ3n) is 1.69. The maximum absolute atomic E-state index is 13.4. The molecular weight excluding hydrogens is 250 g/mol. The highest BCUT2D eigenvalue weighted by molar-refractivity contribution is 6.31. The van der Waals surface area contributed by atoms with Gasteiger partial charge in [0, 0.05) is 6.20 Å². The molecule has 0 aliphatic rings. The fourth-order valence-corrected chi connectivity index (χ4v) is 1.07. The number of hydrazine groups is 1. The molecule has 0 aromatic heterocycles. The van der Waals surface area contributed by atoms with E-state index in [0.29, 0.717) is 0 Å². The summed E-state index contributed by atoms with van der Waals surface area (Å²) in [4.78, 5) is 0. The highest BCUT2D eigenvalue weighted by atomic mass is 35.5. The molecule has 7 heteroatoms. The van der Waals surface area contributed by atoms with Gasteiger partial charge in [0.15, 0.2) is 0 Å². The van der Waals surface area contributed by atoms with Gasteiger partial charge in [-0.2, -0.15) is 10.5 Å². The van der Waals surface area contributed by atoms with Crippen LogP contribution in [0.15, 0.2) is 30.0 Å². The van der Waals surface area contributed by atoms with Gasteiger partial charge in [0.1, 0.15) is 23.5 Å². The number of allylic oxidation sites excluding steroid dienone is 1. The first kappa shape index (κ1) is 12.8. The number of hydrogen-bond donors (Lipinski definition) is 1. The Hall–Kier alpha value is -2.31. The van der Waals surface area contributed by atoms with Crippen molar-refractivity contribution in [3.63, 3.8) is 0 Å². The second kappa shape index (κ2) is 5.69. The predicted molar refractivity (Wildman–Crippen MR) is 57.4 cm³/mol. The van der Waals surface area contributed by atoms with E-state index in [1.165, 1.54) is 12.1 Å². The largest absolute Gasteiger partial charge is 0.276 e. The van der Waals surface area contributed by atoms with Crippen molar-refractivity contribution in [1.82, 2.24) is 5.43 Å². The quantitative estimate of drug-likeness (QED) is 0.512. The Bertz CT molecular complexity index is 514. The topological polar surface area (TPSA) is 62.9 Å². The molecular formula is C10H5ClF2N4. The number of nitrogens with one attached hydrogen (secondary N) is 1. The maximum Gasteiger partial charge on any atom is 0.147 e. The van der Waals surface area contributed by atoms with Gasteiger partial charge in [-0.15, -0.1) is 5.23 Å². The summed E-state index contributed by atoms with van der Waals surface area (Å²) >= 11 is 5.46. The average Bonchev–Trinajstić information content (AvgIpc) is 2.33. The van der Waals surface area contributed by atoms with Crippen molar-refractivity contribution in [1.29, 1.82) is 10.5 Å². The molecule has 0 bridgehead atoms. The summed E-state index contributed by atoms with van der Waals surface area (Å²) < 4.78 is 26.2. The molecule has 0 radical (unpaired) electrons. The number of anilines is 1. The number of hydrogen-bond acceptors (Lipinski definition) is 4. The van der Waals surface area contributed by atoms with E-state index in [-0.39, 0.29) is 21.5 Å². The second-order valence-corrected chi connectivity index (χ2v) is 3.20. The van der Waals surface area contributed by atoms with E-state index < -0.39 is 5.82 Å². The Morgan fingerprint density at radius 2 is 2.06 bits per heavy atom. The standard InChI is InChI=1S/C10H5ClF2N4/c11-9-3-8(1-2-10(9)12)17(13)16-6-7(4-14)5-15/h1-3,6,16H. The van der Waals surface area contributed by atoms with Crippen molar-refractivity contribution < 1.29 is 8.87 Å². The molecule has 0 fully saturated rings. The van der Waals surface area contributed by atoms with Crippen molar-refractivity contribution >= 4 is 17.3 Å². The molecule has 0 spiro atoms. The van der Waals surface area contributed by atoms with E-state index in [9.17, 15) is 8.87 Å². The Morgan fingerprint density at radius 1 is 1.41 bits per heavy atom. The molecule has 1 rings (SSSR count). The summed E-state index contributed by atoms with van der Waals surface area (Å²) in [6.45, 7) is 0. The molecule has 0 unspecified atom stereocenters. The molecule has 0 aliphatic heterocycles. The maximum atomic E-state index is 13.4. The molecule has 86 valence electrons. The molecule has 0 saturated carbocycles. The Labute approximate surface area is 101 Å². The SMILES string of the molecule is N#CC(C#N)=CNN(F)c1ccc(F)c(Cl)c1. The predicted octanol–water partition coefficient (Wildman–Crippen LogP) is 2.61. The van der Waals surface area contributed by atoms with Crippen LogP contribution in [0, 0.1) is 28.5 Å². The van der Waals surface area contributed by atoms with Crippen molar-refractivity contribution in [2.45, 2.75) is 0 Å². The molecule has 0 atom stereocenters. The number of halogens is 3. The van der Waals surface area contributed by atoms with Gasteiger partial charge in [-0.3, -0.25) is 5.43 Å². The molecule has 0 saturated heterocycles. The molecule has 1 aromatic rings. The highest BCUT2D eigenvalue weighted by Crippen LogP contribution is 2.21. The summed E-state index contributed by atoms with van der Waals surface area (Å²) in [5, 5.41) is 16.6. The van der Waals surface area contributed by atoms with Crippen LogP contribution >= 0.6 is 11.6 Å². The molecule has 17 heavy (non-hydrogen) atoms. The number of rotatable bonds is 3. The Morgan fingerprint density at radius 3 is 2.59 bits per heavy atom. The van der Waals surface area contributed by atoms with E-state index in [4.69, 9.17) is 22.1 Å². The van der Waals surface area contributed by atoms with Crippen LogP contribution in [-0.4, -0.2) is 0 Å². The van der Waals surface area contributed by atoms with Gasteiger partial charge in [0.2, 0.25) is 0 Å². The third-order valence-corrected chi connectivity index (χ3v) is 1.98. The van der Waals surface area contributed by atoms with Crippen molar-refractivity contribution in [2.24, 2.45) is 0 Å². The van der Waals surface area contributed by atoms with Gasteiger partial charge < -0.3 is 0 Å². The first-order valence-corrected chi connectivity index (χ1v) is 4.63. The van der Waals surface area contributed by atoms with Crippen molar-refractivity contribution in [3.05, 3.63) is 40.8 Å². The minimum atomic E-state index is -0.672. The van der Waals surface area contributed by atoms with E-state index in [0.717, 1.165) is 24.4 Å². The van der Waals surface area contributed by atoms with E-state index in [2.05, 4.69) is 0 Å². The van der Waals surface area contributed by atoms with E-state index >= 15 is 0 Å². The van der Waals surface area contributed by atoms with Gasteiger partial charge in [0.25, 0.3) is 0 Å². The zero-order chi connectivity index (χ0) is 12.8. The van der Waals surface area contributed by atoms with Crippen LogP contribution in [0.25, 0.3) is 0 Å². The normalized spacial score (nSPS) is 8.76. The number of benzene rings is 1. The first-order valence-electron chi connectivity index (χ1n) is 4.26. The van der Waals surface area contributed by atoms with Crippen LogP contribution in [0.4, 0.5) is 14.6 Å². The summed E-state index contributed by atoms with van der Waals surface area (Å²) in [6.07, 6.45) is 0.872. The van der Waals surface area contributed by atoms with Gasteiger partial charge in [0.05, 0.1) is 10.7 Å². The lowest BCUT2D eigenvalue weighted by atomic mass is 10.3. The molecule has 0 heterocycles. The first-order chi connectivity index (χ1) is 8.08. The minimum Gasteiger partial charge on any atom is -0.276 e. The van der Waals surface area contributed by atoms with Crippen LogP contribution < -0.4 is 10.7 Å². The van der Waals surface area contributed by atoms with E-state index in [1.54, 1.807) is 0 Å². The summed E-state index contributed by atoms with van der Waals surface area (Å²) in [6, 6.07) is 6.26. The monoisotopic (exact) mass is 254 g/mol. The van der Waals surface area contributed by atoms with Crippen molar-refractivity contribution in [3.8, 4) is 12.1 Å². The van der Waals surface area contributed by atoms with Crippen LogP contribution in [0.3, 0.4) is 0 Å². The summed E-state index contributed by atoms with van der Waals surface area (Å²) in [5.41, 5.74) is 1.65. The zero-order valence-electron chi connectivity index (χ0n) is 8.28. The fourth-order valence-electron chi connectivity index (χ4n) is 0.892. The van der Waals surface area contributed by atoms with Crippen LogP contribution in [0.5, 0.6) is 0 Å². The van der Waals surface area contributed by atoms with Gasteiger partial charge >= 0.3 is 0 Å². The average molecular weight is 255 g/mol. The number of nitrogens with zero attached hydrogens (tertiary/aromatic N) is 3. The molecule has 4 nitrogen and oxygen atoms in total. The van der Waals surface area contributed by atoms with Crippen LogP contribution in [0.2, 0.25) is 5.02 Å². The van der Waals surface area contributed by atoms with Crippen LogP contribution in [0.1, 0.15) is 0 Å². The highest BCUT2D eigenvalue weighted by Gasteiger charge is 2.07. The van der Waals surface area contributed by atoms with Gasteiger partial charge in [-0.1, -0.05) is 16.1 Å². The minimum absolute atomic E-state index is 0. The lowest BCUT2D eigenvalue weighted by molar-refractivity contribution is 0.398. The van der Waals surface area contributed by atoms with Gasteiger partial charge in [-0.25, -0.2) is 4.39 Å². The Kier molecular flexibility index (Phi) is 4.27. The lowest BCUT2D eigenvalue weighted by Crippen LogP contribution is -2.25. The second-order valence-electron chi connectivity index (χ2n) is 2.79. The molecule has 1 N–H and O–H groups in total. The summed E-state index contributed by atoms with van der Waals surface area (Å²) in [7, 11) is 0.